The fraction of sp³-hybridized carbons (Fsp3) is 0.273. The van der Waals surface area contributed by atoms with Crippen LogP contribution in [0.15, 0.2) is 47.8 Å². The summed E-state index contributed by atoms with van der Waals surface area (Å²) in [5, 5.41) is 5.84. The van der Waals surface area contributed by atoms with Gasteiger partial charge in [-0.05, 0) is 29.6 Å². The summed E-state index contributed by atoms with van der Waals surface area (Å²) in [4.78, 5) is 30.8. The Labute approximate surface area is 194 Å². The molecule has 0 atom stereocenters. The molecule has 3 heterocycles. The lowest BCUT2D eigenvalue weighted by Crippen LogP contribution is -2.48. The highest BCUT2D eigenvalue weighted by Crippen LogP contribution is 2.33. The third-order valence-electron chi connectivity index (χ3n) is 5.20. The number of hydrogen-bond acceptors (Lipinski definition) is 6. The number of amides is 2. The summed E-state index contributed by atoms with van der Waals surface area (Å²) in [6.45, 7) is 4.65. The van der Waals surface area contributed by atoms with Crippen molar-refractivity contribution in [3.8, 4) is 10.4 Å². The van der Waals surface area contributed by atoms with Gasteiger partial charge >= 0.3 is 0 Å². The zero-order valence-electron chi connectivity index (χ0n) is 16.8. The number of primary amides is 1. The molecule has 4 rings (SSSR count). The predicted octanol–water partition coefficient (Wildman–Crippen LogP) is 3.99. The third-order valence-corrected chi connectivity index (χ3v) is 7.46. The highest BCUT2D eigenvalue weighted by Gasteiger charge is 2.21. The summed E-state index contributed by atoms with van der Waals surface area (Å²) in [6, 6.07) is 13.8. The van der Waals surface area contributed by atoms with Gasteiger partial charge < -0.3 is 11.1 Å². The molecule has 0 bridgehead atoms. The number of nitrogens with zero attached hydrogens (tertiary/aromatic N) is 2. The normalized spacial score (nSPS) is 15.1. The van der Waals surface area contributed by atoms with Crippen LogP contribution in [0.4, 0.5) is 5.00 Å². The average molecular weight is 475 g/mol. The molecular formula is C22H23ClN4O2S2. The van der Waals surface area contributed by atoms with Crippen molar-refractivity contribution in [1.29, 1.82) is 0 Å². The van der Waals surface area contributed by atoms with Crippen LogP contribution in [0.1, 0.15) is 15.2 Å². The second-order valence-corrected chi connectivity index (χ2v) is 9.87. The second-order valence-electron chi connectivity index (χ2n) is 7.37. The zero-order valence-corrected chi connectivity index (χ0v) is 19.2. The first-order valence-corrected chi connectivity index (χ1v) is 12.0. The highest BCUT2D eigenvalue weighted by atomic mass is 35.5. The molecule has 1 aromatic carbocycles. The van der Waals surface area contributed by atoms with Gasteiger partial charge in [0.05, 0.1) is 12.1 Å². The molecule has 0 saturated carbocycles. The molecular weight excluding hydrogens is 452 g/mol. The lowest BCUT2D eigenvalue weighted by molar-refractivity contribution is -0.117. The van der Waals surface area contributed by atoms with Crippen LogP contribution in [0.25, 0.3) is 10.4 Å². The van der Waals surface area contributed by atoms with E-state index < -0.39 is 5.91 Å². The monoisotopic (exact) mass is 474 g/mol. The lowest BCUT2D eigenvalue weighted by atomic mass is 10.2. The molecule has 1 fully saturated rings. The Bertz CT molecular complexity index is 1070. The number of rotatable bonds is 7. The Morgan fingerprint density at radius 3 is 2.52 bits per heavy atom. The fourth-order valence-corrected chi connectivity index (χ4v) is 5.76. The molecule has 2 aromatic heterocycles. The van der Waals surface area contributed by atoms with Gasteiger partial charge in [0.25, 0.3) is 5.91 Å². The van der Waals surface area contributed by atoms with E-state index >= 15 is 0 Å². The minimum absolute atomic E-state index is 0.124. The Kier molecular flexibility index (Phi) is 7.04. The highest BCUT2D eigenvalue weighted by molar-refractivity contribution is 7.15. The fourth-order valence-electron chi connectivity index (χ4n) is 3.56. The van der Waals surface area contributed by atoms with Crippen molar-refractivity contribution in [2.45, 2.75) is 6.54 Å². The molecule has 2 amide bonds. The average Bonchev–Trinajstić information content (AvgIpc) is 3.39. The van der Waals surface area contributed by atoms with Crippen molar-refractivity contribution in [3.63, 3.8) is 0 Å². The quantitative estimate of drug-likeness (QED) is 0.542. The maximum Gasteiger partial charge on any atom is 0.251 e. The van der Waals surface area contributed by atoms with E-state index in [-0.39, 0.29) is 5.91 Å². The van der Waals surface area contributed by atoms with Crippen LogP contribution in [0, 0.1) is 0 Å². The van der Waals surface area contributed by atoms with E-state index in [0.29, 0.717) is 17.1 Å². The van der Waals surface area contributed by atoms with Crippen LogP contribution >= 0.6 is 34.3 Å². The summed E-state index contributed by atoms with van der Waals surface area (Å²) in [7, 11) is 0. The molecule has 162 valence electrons. The molecule has 1 saturated heterocycles. The molecule has 31 heavy (non-hydrogen) atoms. The van der Waals surface area contributed by atoms with E-state index in [9.17, 15) is 9.59 Å². The van der Waals surface area contributed by atoms with Crippen LogP contribution in [-0.2, 0) is 11.3 Å². The number of piperazine rings is 1. The van der Waals surface area contributed by atoms with E-state index in [1.165, 1.54) is 21.1 Å². The maximum absolute atomic E-state index is 12.4. The summed E-state index contributed by atoms with van der Waals surface area (Å²) in [5.41, 5.74) is 6.76. The number of thiophene rings is 2. The SMILES string of the molecule is NC(=O)c1ccsc1NC(=O)CN1CCN(Cc2ccc(-c3ccccc3Cl)s2)CC1. The number of nitrogens with one attached hydrogen (secondary N) is 1. The summed E-state index contributed by atoms with van der Waals surface area (Å²) in [6.07, 6.45) is 0. The van der Waals surface area contributed by atoms with Gasteiger partial charge in [0.15, 0.2) is 0 Å². The number of hydrogen-bond donors (Lipinski definition) is 2. The minimum atomic E-state index is -0.531. The molecule has 1 aliphatic rings. The van der Waals surface area contributed by atoms with E-state index in [2.05, 4.69) is 27.2 Å². The summed E-state index contributed by atoms with van der Waals surface area (Å²) >= 11 is 9.40. The Morgan fingerprint density at radius 1 is 1.03 bits per heavy atom. The molecule has 0 radical (unpaired) electrons. The number of carbonyl (C=O) groups is 2. The summed E-state index contributed by atoms with van der Waals surface area (Å²) in [5.74, 6) is -0.655. The van der Waals surface area contributed by atoms with Gasteiger partial charge in [-0.3, -0.25) is 19.4 Å². The molecule has 3 N–H and O–H groups in total. The minimum Gasteiger partial charge on any atom is -0.366 e. The van der Waals surface area contributed by atoms with Gasteiger partial charge in [-0.25, -0.2) is 0 Å². The van der Waals surface area contributed by atoms with Crippen molar-refractivity contribution in [2.75, 3.05) is 38.0 Å². The number of benzene rings is 1. The van der Waals surface area contributed by atoms with Gasteiger partial charge in [0.1, 0.15) is 5.00 Å². The van der Waals surface area contributed by atoms with Crippen molar-refractivity contribution >= 4 is 51.1 Å². The second kappa shape index (κ2) is 9.93. The standard InChI is InChI=1S/C22H23ClN4O2S2/c23-18-4-2-1-3-16(18)19-6-5-15(31-19)13-26-8-10-27(11-9-26)14-20(28)25-22-17(21(24)29)7-12-30-22/h1-7,12H,8-11,13-14H2,(H2,24,29)(H,25,28). The van der Waals surface area contributed by atoms with Crippen LogP contribution in [0.2, 0.25) is 5.02 Å². The van der Waals surface area contributed by atoms with E-state index in [1.807, 2.05) is 24.3 Å². The van der Waals surface area contributed by atoms with Crippen molar-refractivity contribution in [3.05, 3.63) is 63.3 Å². The van der Waals surface area contributed by atoms with E-state index in [4.69, 9.17) is 17.3 Å². The van der Waals surface area contributed by atoms with Gasteiger partial charge in [0, 0.05) is 53.1 Å². The lowest BCUT2D eigenvalue weighted by Gasteiger charge is -2.34. The topological polar surface area (TPSA) is 78.7 Å². The van der Waals surface area contributed by atoms with Crippen LogP contribution in [0.5, 0.6) is 0 Å². The largest absolute Gasteiger partial charge is 0.366 e. The molecule has 0 spiro atoms. The van der Waals surface area contributed by atoms with Crippen LogP contribution in [-0.4, -0.2) is 54.3 Å². The number of nitrogens with two attached hydrogens (primary N) is 1. The van der Waals surface area contributed by atoms with E-state index in [0.717, 1.165) is 43.3 Å². The smallest absolute Gasteiger partial charge is 0.251 e. The van der Waals surface area contributed by atoms with Crippen LogP contribution < -0.4 is 11.1 Å². The van der Waals surface area contributed by atoms with Crippen LogP contribution in [0.3, 0.4) is 0 Å². The van der Waals surface area contributed by atoms with Gasteiger partial charge in [-0.2, -0.15) is 0 Å². The first kappa shape index (κ1) is 22.0. The maximum atomic E-state index is 12.4. The van der Waals surface area contributed by atoms with Gasteiger partial charge in [0.2, 0.25) is 5.91 Å². The van der Waals surface area contributed by atoms with Gasteiger partial charge in [-0.15, -0.1) is 22.7 Å². The number of anilines is 1. The van der Waals surface area contributed by atoms with Crippen molar-refractivity contribution in [1.82, 2.24) is 9.80 Å². The molecule has 6 nitrogen and oxygen atoms in total. The van der Waals surface area contributed by atoms with E-state index in [1.54, 1.807) is 22.8 Å². The Balaban J connectivity index is 1.26. The van der Waals surface area contributed by atoms with Crippen molar-refractivity contribution < 1.29 is 9.59 Å². The van der Waals surface area contributed by atoms with Gasteiger partial charge in [-0.1, -0.05) is 29.8 Å². The Hall–Kier alpha value is -2.23. The Morgan fingerprint density at radius 2 is 1.77 bits per heavy atom. The molecule has 3 aromatic rings. The zero-order chi connectivity index (χ0) is 21.8. The predicted molar refractivity (Wildman–Crippen MR) is 128 cm³/mol. The number of carbonyl (C=O) groups excluding carboxylic acids is 2. The molecule has 9 heteroatoms. The molecule has 0 unspecified atom stereocenters. The third kappa shape index (κ3) is 5.53. The van der Waals surface area contributed by atoms with Crippen molar-refractivity contribution in [2.24, 2.45) is 5.73 Å². The molecule has 1 aliphatic heterocycles. The summed E-state index contributed by atoms with van der Waals surface area (Å²) < 4.78 is 0. The molecule has 0 aliphatic carbocycles. The first-order chi connectivity index (χ1) is 15.0. The first-order valence-electron chi connectivity index (χ1n) is 9.95. The number of halogens is 1.